The molecule has 0 bridgehead atoms. The predicted molar refractivity (Wildman–Crippen MR) is 135 cm³/mol. The van der Waals surface area contributed by atoms with Gasteiger partial charge in [0.05, 0.1) is 17.7 Å². The van der Waals surface area contributed by atoms with Crippen molar-refractivity contribution in [1.82, 2.24) is 25.2 Å². The molecule has 3 aromatic heterocycles. The van der Waals surface area contributed by atoms with Crippen LogP contribution in [0.4, 0.5) is 11.6 Å². The van der Waals surface area contributed by atoms with E-state index in [-0.39, 0.29) is 0 Å². The number of piperidine rings is 1. The molecule has 0 spiro atoms. The summed E-state index contributed by atoms with van der Waals surface area (Å²) in [5.74, 6) is 3.11. The number of nitrogens with zero attached hydrogens (tertiary/aromatic N) is 5. The summed E-state index contributed by atoms with van der Waals surface area (Å²) in [6.45, 7) is 7.44. The van der Waals surface area contributed by atoms with E-state index < -0.39 is 0 Å². The van der Waals surface area contributed by atoms with Crippen LogP contribution >= 0.6 is 0 Å². The van der Waals surface area contributed by atoms with Crippen molar-refractivity contribution in [3.63, 3.8) is 0 Å². The molecule has 2 aliphatic heterocycles. The third-order valence-electron chi connectivity index (χ3n) is 7.12. The summed E-state index contributed by atoms with van der Waals surface area (Å²) in [4.78, 5) is 9.51. The largest absolute Gasteiger partial charge is 0.477 e. The Balaban J connectivity index is 0.980. The summed E-state index contributed by atoms with van der Waals surface area (Å²) < 4.78 is 11.6. The normalized spacial score (nSPS) is 20.7. The van der Waals surface area contributed by atoms with Crippen molar-refractivity contribution < 1.29 is 9.26 Å². The highest BCUT2D eigenvalue weighted by molar-refractivity contribution is 5.88. The molecule has 2 N–H and O–H groups in total. The number of aryl methyl sites for hydroxylation is 1. The lowest BCUT2D eigenvalue weighted by Crippen LogP contribution is -2.57. The molecule has 2 atom stereocenters. The van der Waals surface area contributed by atoms with Crippen LogP contribution in [0.1, 0.15) is 24.1 Å². The van der Waals surface area contributed by atoms with Crippen LogP contribution in [-0.2, 0) is 6.54 Å². The van der Waals surface area contributed by atoms with E-state index in [0.29, 0.717) is 31.0 Å². The molecule has 9 heteroatoms. The molecule has 0 aliphatic carbocycles. The number of fused-ring (bicyclic) bond motifs is 2. The van der Waals surface area contributed by atoms with E-state index in [9.17, 15) is 0 Å². The predicted octanol–water partition coefficient (Wildman–Crippen LogP) is 3.85. The quantitative estimate of drug-likeness (QED) is 0.418. The van der Waals surface area contributed by atoms with Gasteiger partial charge in [-0.3, -0.25) is 10.00 Å². The molecule has 0 radical (unpaired) electrons. The molecule has 4 aromatic rings. The first-order chi connectivity index (χ1) is 17.2. The summed E-state index contributed by atoms with van der Waals surface area (Å²) in [5.41, 5.74) is 2.92. The molecule has 1 aromatic carbocycles. The van der Waals surface area contributed by atoms with Gasteiger partial charge in [0.15, 0.2) is 11.4 Å². The SMILES string of the molecule is Cc1cc(NCc2ccc(OC[C@@H]3CC[C@H]4CN(c5noc6ccccc56)CCN4C3)nc2)[nH]n1. The number of anilines is 2. The lowest BCUT2D eigenvalue weighted by molar-refractivity contribution is 0.0717. The molecule has 182 valence electrons. The first-order valence-corrected chi connectivity index (χ1v) is 12.4. The van der Waals surface area contributed by atoms with Crippen molar-refractivity contribution in [2.24, 2.45) is 5.92 Å². The molecule has 35 heavy (non-hydrogen) atoms. The van der Waals surface area contributed by atoms with Gasteiger partial charge in [-0.15, -0.1) is 0 Å². The molecule has 0 unspecified atom stereocenters. The highest BCUT2D eigenvalue weighted by Crippen LogP contribution is 2.31. The molecular weight excluding hydrogens is 442 g/mol. The van der Waals surface area contributed by atoms with Crippen molar-refractivity contribution in [3.8, 4) is 5.88 Å². The Kier molecular flexibility index (Phi) is 5.99. The number of rotatable bonds is 7. The number of ether oxygens (including phenoxy) is 1. The minimum Gasteiger partial charge on any atom is -0.477 e. The van der Waals surface area contributed by atoms with E-state index in [1.165, 1.54) is 12.8 Å². The monoisotopic (exact) mass is 473 g/mol. The molecule has 0 amide bonds. The lowest BCUT2D eigenvalue weighted by Gasteiger charge is -2.46. The highest BCUT2D eigenvalue weighted by atomic mass is 16.5. The molecule has 9 nitrogen and oxygen atoms in total. The third kappa shape index (κ3) is 4.81. The van der Waals surface area contributed by atoms with Crippen LogP contribution in [0.5, 0.6) is 5.88 Å². The van der Waals surface area contributed by atoms with Gasteiger partial charge in [0.2, 0.25) is 5.88 Å². The smallest absolute Gasteiger partial charge is 0.213 e. The van der Waals surface area contributed by atoms with Crippen LogP contribution in [0, 0.1) is 12.8 Å². The van der Waals surface area contributed by atoms with Crippen LogP contribution in [-0.4, -0.2) is 64.1 Å². The minimum absolute atomic E-state index is 0.525. The first kappa shape index (κ1) is 21.9. The molecule has 6 rings (SSSR count). The standard InChI is InChI=1S/C26H31N7O2/c1-18-12-24(30-29-18)27-13-19-7-9-25(28-14-19)34-17-20-6-8-21-16-33(11-10-32(21)15-20)26-22-4-2-3-5-23(22)35-31-26/h2-5,7,9,12,14,20-21H,6,8,10-11,13,15-17H2,1H3,(H2,27,29,30)/t20-,21+/m1/s1. The van der Waals surface area contributed by atoms with Crippen molar-refractivity contribution in [1.29, 1.82) is 0 Å². The fourth-order valence-corrected chi connectivity index (χ4v) is 5.20. The number of para-hydroxylation sites is 1. The zero-order chi connectivity index (χ0) is 23.6. The number of aromatic amines is 1. The van der Waals surface area contributed by atoms with E-state index in [0.717, 1.165) is 60.0 Å². The van der Waals surface area contributed by atoms with Gasteiger partial charge in [0.25, 0.3) is 0 Å². The zero-order valence-corrected chi connectivity index (χ0v) is 20.0. The van der Waals surface area contributed by atoms with Crippen LogP contribution in [0.15, 0.2) is 53.2 Å². The Morgan fingerprint density at radius 1 is 1.14 bits per heavy atom. The summed E-state index contributed by atoms with van der Waals surface area (Å²) in [5, 5.41) is 15.9. The second-order valence-electron chi connectivity index (χ2n) is 9.63. The van der Waals surface area contributed by atoms with E-state index in [1.807, 2.05) is 43.5 Å². The Labute approximate surface area is 204 Å². The number of benzene rings is 1. The summed E-state index contributed by atoms with van der Waals surface area (Å²) in [7, 11) is 0. The van der Waals surface area contributed by atoms with Gasteiger partial charge < -0.3 is 19.5 Å². The fraction of sp³-hybridized carbons (Fsp3) is 0.423. The maximum atomic E-state index is 6.07. The number of pyridine rings is 1. The van der Waals surface area contributed by atoms with Crippen molar-refractivity contribution in [2.75, 3.05) is 43.0 Å². The Morgan fingerprint density at radius 2 is 2.09 bits per heavy atom. The van der Waals surface area contributed by atoms with Crippen molar-refractivity contribution >= 4 is 22.6 Å². The number of piperazine rings is 1. The topological polar surface area (TPSA) is 95.3 Å². The number of aromatic nitrogens is 4. The van der Waals surface area contributed by atoms with Crippen LogP contribution in [0.25, 0.3) is 11.0 Å². The molecule has 5 heterocycles. The lowest BCUT2D eigenvalue weighted by atomic mass is 9.91. The van der Waals surface area contributed by atoms with Gasteiger partial charge in [-0.1, -0.05) is 23.4 Å². The maximum absolute atomic E-state index is 6.07. The molecule has 0 saturated carbocycles. The number of H-pyrrole nitrogens is 1. The Morgan fingerprint density at radius 3 is 2.94 bits per heavy atom. The van der Waals surface area contributed by atoms with Gasteiger partial charge in [-0.25, -0.2) is 4.98 Å². The minimum atomic E-state index is 0.525. The van der Waals surface area contributed by atoms with Gasteiger partial charge in [0.1, 0.15) is 5.82 Å². The average molecular weight is 474 g/mol. The van der Waals surface area contributed by atoms with Crippen LogP contribution in [0.2, 0.25) is 0 Å². The Bertz CT molecular complexity index is 1270. The maximum Gasteiger partial charge on any atom is 0.213 e. The second-order valence-corrected chi connectivity index (χ2v) is 9.63. The van der Waals surface area contributed by atoms with Crippen LogP contribution < -0.4 is 15.0 Å². The van der Waals surface area contributed by atoms with Crippen molar-refractivity contribution in [3.05, 3.63) is 59.9 Å². The van der Waals surface area contributed by atoms with Crippen LogP contribution in [0.3, 0.4) is 0 Å². The summed E-state index contributed by atoms with van der Waals surface area (Å²) in [6.07, 6.45) is 4.21. The first-order valence-electron chi connectivity index (χ1n) is 12.4. The van der Waals surface area contributed by atoms with E-state index >= 15 is 0 Å². The fourth-order valence-electron chi connectivity index (χ4n) is 5.20. The zero-order valence-electron chi connectivity index (χ0n) is 20.0. The summed E-state index contributed by atoms with van der Waals surface area (Å²) >= 11 is 0. The van der Waals surface area contributed by atoms with Gasteiger partial charge in [-0.2, -0.15) is 5.10 Å². The van der Waals surface area contributed by atoms with E-state index in [2.05, 4.69) is 47.6 Å². The van der Waals surface area contributed by atoms with Gasteiger partial charge >= 0.3 is 0 Å². The number of hydrogen-bond acceptors (Lipinski definition) is 8. The van der Waals surface area contributed by atoms with Gasteiger partial charge in [0, 0.05) is 63.0 Å². The average Bonchev–Trinajstić information content (AvgIpc) is 3.52. The third-order valence-corrected chi connectivity index (χ3v) is 7.12. The van der Waals surface area contributed by atoms with E-state index in [1.54, 1.807) is 0 Å². The van der Waals surface area contributed by atoms with Gasteiger partial charge in [-0.05, 0) is 37.5 Å². The Hall–Kier alpha value is -3.59. The molecule has 2 fully saturated rings. The molecular formula is C26H31N7O2. The number of nitrogens with one attached hydrogen (secondary N) is 2. The van der Waals surface area contributed by atoms with Crippen molar-refractivity contribution in [2.45, 2.75) is 32.4 Å². The molecule has 2 saturated heterocycles. The highest BCUT2D eigenvalue weighted by Gasteiger charge is 2.34. The summed E-state index contributed by atoms with van der Waals surface area (Å²) in [6, 6.07) is 14.7. The number of hydrogen-bond donors (Lipinski definition) is 2. The van der Waals surface area contributed by atoms with E-state index in [4.69, 9.17) is 9.26 Å². The second kappa shape index (κ2) is 9.58. The molecule has 2 aliphatic rings.